The molecule has 0 bridgehead atoms. The fourth-order valence-electron chi connectivity index (χ4n) is 3.75. The normalized spacial score (nSPS) is 12.2. The van der Waals surface area contributed by atoms with Gasteiger partial charge in [-0.2, -0.15) is 0 Å². The Balaban J connectivity index is 1.73. The van der Waals surface area contributed by atoms with Crippen molar-refractivity contribution in [2.45, 2.75) is 31.7 Å². The molecular formula is C28H30ClN3O2. The number of halogens is 1. The third-order valence-electron chi connectivity index (χ3n) is 5.56. The summed E-state index contributed by atoms with van der Waals surface area (Å²) in [7, 11) is 0. The van der Waals surface area contributed by atoms with Gasteiger partial charge in [0, 0.05) is 18.5 Å². The maximum atomic E-state index is 13.3. The molecule has 0 unspecified atom stereocenters. The molecule has 176 valence electrons. The van der Waals surface area contributed by atoms with Gasteiger partial charge in [0.1, 0.15) is 5.84 Å². The van der Waals surface area contributed by atoms with Crippen molar-refractivity contribution >= 4 is 29.1 Å². The molecule has 0 heterocycles. The van der Waals surface area contributed by atoms with Gasteiger partial charge in [0.15, 0.2) is 5.78 Å². The Morgan fingerprint density at radius 1 is 0.912 bits per heavy atom. The monoisotopic (exact) mass is 475 g/mol. The van der Waals surface area contributed by atoms with E-state index in [1.54, 1.807) is 6.07 Å². The highest BCUT2D eigenvalue weighted by atomic mass is 35.5. The first-order chi connectivity index (χ1) is 16.6. The SMILES string of the molecule is NC(CCl)=NCCC[C@H](NC(=O)c1ccccc1-c1ccccc1)C(=O)CCc1ccccc1. The van der Waals surface area contributed by atoms with Gasteiger partial charge < -0.3 is 11.1 Å². The first-order valence-corrected chi connectivity index (χ1v) is 12.0. The van der Waals surface area contributed by atoms with Gasteiger partial charge in [-0.15, -0.1) is 11.6 Å². The van der Waals surface area contributed by atoms with E-state index < -0.39 is 6.04 Å². The lowest BCUT2D eigenvalue weighted by molar-refractivity contribution is -0.121. The van der Waals surface area contributed by atoms with Crippen LogP contribution in [0.5, 0.6) is 0 Å². The smallest absolute Gasteiger partial charge is 0.252 e. The molecule has 1 atom stereocenters. The summed E-state index contributed by atoms with van der Waals surface area (Å²) in [6.07, 6.45) is 2.07. The van der Waals surface area contributed by atoms with Crippen LogP contribution in [0.1, 0.15) is 35.2 Å². The Kier molecular flexibility index (Phi) is 9.86. The highest BCUT2D eigenvalue weighted by Crippen LogP contribution is 2.23. The van der Waals surface area contributed by atoms with Crippen molar-refractivity contribution in [3.8, 4) is 11.1 Å². The maximum Gasteiger partial charge on any atom is 0.252 e. The van der Waals surface area contributed by atoms with Crippen molar-refractivity contribution in [1.29, 1.82) is 0 Å². The lowest BCUT2D eigenvalue weighted by Gasteiger charge is -2.19. The minimum atomic E-state index is -0.604. The van der Waals surface area contributed by atoms with Crippen LogP contribution in [0.3, 0.4) is 0 Å². The van der Waals surface area contributed by atoms with E-state index in [2.05, 4.69) is 10.3 Å². The van der Waals surface area contributed by atoms with Crippen LogP contribution in [-0.2, 0) is 11.2 Å². The average molecular weight is 476 g/mol. The molecular weight excluding hydrogens is 446 g/mol. The van der Waals surface area contributed by atoms with Crippen molar-refractivity contribution < 1.29 is 9.59 Å². The molecule has 3 rings (SSSR count). The van der Waals surface area contributed by atoms with Crippen LogP contribution in [0.2, 0.25) is 0 Å². The molecule has 3 N–H and O–H groups in total. The number of carbonyl (C=O) groups excluding carboxylic acids is 2. The van der Waals surface area contributed by atoms with Crippen molar-refractivity contribution in [3.05, 3.63) is 96.1 Å². The molecule has 0 spiro atoms. The second-order valence-electron chi connectivity index (χ2n) is 8.04. The summed E-state index contributed by atoms with van der Waals surface area (Å²) in [5, 5.41) is 2.99. The first kappa shape index (κ1) is 25.2. The zero-order valence-corrected chi connectivity index (χ0v) is 19.9. The van der Waals surface area contributed by atoms with E-state index in [0.717, 1.165) is 16.7 Å². The highest BCUT2D eigenvalue weighted by Gasteiger charge is 2.22. The van der Waals surface area contributed by atoms with Gasteiger partial charge in [0.05, 0.1) is 11.9 Å². The second-order valence-corrected chi connectivity index (χ2v) is 8.31. The lowest BCUT2D eigenvalue weighted by Crippen LogP contribution is -2.41. The van der Waals surface area contributed by atoms with Crippen LogP contribution in [-0.4, -0.2) is 36.0 Å². The van der Waals surface area contributed by atoms with E-state index in [1.807, 2.05) is 78.9 Å². The quantitative estimate of drug-likeness (QED) is 0.167. The van der Waals surface area contributed by atoms with Crippen molar-refractivity contribution in [2.24, 2.45) is 10.7 Å². The van der Waals surface area contributed by atoms with Crippen LogP contribution in [0.25, 0.3) is 11.1 Å². The fraction of sp³-hybridized carbons (Fsp3) is 0.250. The standard InChI is InChI=1S/C28H30ClN3O2/c29-20-27(30)31-19-9-16-25(26(33)18-17-21-10-3-1-4-11-21)32-28(34)24-15-8-7-14-23(24)22-12-5-2-6-13-22/h1-8,10-15,25H,9,16-20H2,(H2,30,31)(H,32,34)/t25-/m0/s1. The minimum absolute atomic E-state index is 0.00342. The van der Waals surface area contributed by atoms with E-state index in [1.165, 1.54) is 0 Å². The molecule has 0 saturated carbocycles. The number of ketones is 1. The third kappa shape index (κ3) is 7.56. The summed E-state index contributed by atoms with van der Waals surface area (Å²) in [5.74, 6) is 0.284. The largest absolute Gasteiger partial charge is 0.386 e. The average Bonchev–Trinajstić information content (AvgIpc) is 2.89. The number of nitrogens with one attached hydrogen (secondary N) is 1. The molecule has 0 fully saturated rings. The van der Waals surface area contributed by atoms with E-state index in [0.29, 0.717) is 43.6 Å². The Morgan fingerprint density at radius 3 is 2.26 bits per heavy atom. The number of hydrogen-bond acceptors (Lipinski definition) is 3. The van der Waals surface area contributed by atoms with Crippen LogP contribution in [0.15, 0.2) is 89.9 Å². The predicted octanol–water partition coefficient (Wildman–Crippen LogP) is 5.03. The van der Waals surface area contributed by atoms with E-state index in [-0.39, 0.29) is 17.6 Å². The molecule has 0 saturated heterocycles. The Morgan fingerprint density at radius 2 is 1.56 bits per heavy atom. The number of nitrogens with two attached hydrogens (primary N) is 1. The first-order valence-electron chi connectivity index (χ1n) is 11.4. The summed E-state index contributed by atoms with van der Waals surface area (Å²) in [5.41, 5.74) is 9.08. The number of rotatable bonds is 12. The molecule has 6 heteroatoms. The molecule has 0 aliphatic rings. The van der Waals surface area contributed by atoms with E-state index in [9.17, 15) is 9.59 Å². The van der Waals surface area contributed by atoms with E-state index >= 15 is 0 Å². The molecule has 1 amide bonds. The number of hydrogen-bond donors (Lipinski definition) is 2. The molecule has 34 heavy (non-hydrogen) atoms. The number of carbonyl (C=O) groups is 2. The van der Waals surface area contributed by atoms with Gasteiger partial charge in [-0.1, -0.05) is 78.9 Å². The predicted molar refractivity (Wildman–Crippen MR) is 139 cm³/mol. The number of amidine groups is 1. The van der Waals surface area contributed by atoms with Crippen molar-refractivity contribution in [2.75, 3.05) is 12.4 Å². The molecule has 0 aliphatic carbocycles. The van der Waals surface area contributed by atoms with Crippen molar-refractivity contribution in [1.82, 2.24) is 5.32 Å². The summed E-state index contributed by atoms with van der Waals surface area (Å²) in [6, 6.07) is 26.4. The van der Waals surface area contributed by atoms with Gasteiger partial charge in [-0.3, -0.25) is 14.6 Å². The number of aryl methyl sites for hydroxylation is 1. The number of amides is 1. The Labute approximate surface area is 206 Å². The van der Waals surface area contributed by atoms with Gasteiger partial charge >= 0.3 is 0 Å². The third-order valence-corrected chi connectivity index (χ3v) is 5.83. The molecule has 0 radical (unpaired) electrons. The lowest BCUT2D eigenvalue weighted by atomic mass is 9.97. The maximum absolute atomic E-state index is 13.3. The molecule has 5 nitrogen and oxygen atoms in total. The number of alkyl halides is 1. The number of benzene rings is 3. The van der Waals surface area contributed by atoms with Gasteiger partial charge in [0.25, 0.3) is 5.91 Å². The summed E-state index contributed by atoms with van der Waals surface area (Å²) in [6.45, 7) is 0.456. The second kappa shape index (κ2) is 13.3. The summed E-state index contributed by atoms with van der Waals surface area (Å²) < 4.78 is 0. The van der Waals surface area contributed by atoms with Crippen LogP contribution in [0.4, 0.5) is 0 Å². The number of aliphatic imine (C=N–C) groups is 1. The number of nitrogens with zero attached hydrogens (tertiary/aromatic N) is 1. The van der Waals surface area contributed by atoms with Crippen LogP contribution < -0.4 is 11.1 Å². The molecule has 0 aromatic heterocycles. The number of Topliss-reactive ketones (excluding diaryl/α,β-unsaturated/α-hetero) is 1. The topological polar surface area (TPSA) is 84.5 Å². The van der Waals surface area contributed by atoms with Gasteiger partial charge in [-0.25, -0.2) is 0 Å². The molecule has 3 aromatic carbocycles. The Hall–Kier alpha value is -3.44. The van der Waals surface area contributed by atoms with Crippen LogP contribution >= 0.6 is 11.6 Å². The fourth-order valence-corrected chi connectivity index (χ4v) is 3.83. The minimum Gasteiger partial charge on any atom is -0.386 e. The van der Waals surface area contributed by atoms with Crippen LogP contribution in [0, 0.1) is 0 Å². The van der Waals surface area contributed by atoms with E-state index in [4.69, 9.17) is 17.3 Å². The van der Waals surface area contributed by atoms with Gasteiger partial charge in [0.2, 0.25) is 0 Å². The summed E-state index contributed by atoms with van der Waals surface area (Å²) in [4.78, 5) is 30.6. The Bertz CT molecular complexity index is 1100. The summed E-state index contributed by atoms with van der Waals surface area (Å²) >= 11 is 5.68. The zero-order chi connectivity index (χ0) is 24.2. The molecule has 0 aliphatic heterocycles. The van der Waals surface area contributed by atoms with Crippen molar-refractivity contribution in [3.63, 3.8) is 0 Å². The zero-order valence-electron chi connectivity index (χ0n) is 19.1. The molecule has 3 aromatic rings. The highest BCUT2D eigenvalue weighted by molar-refractivity contribution is 6.27. The van der Waals surface area contributed by atoms with Gasteiger partial charge in [-0.05, 0) is 42.0 Å².